The maximum atomic E-state index is 9.55. The number of hydrogen-bond donors (Lipinski definition) is 2. The molecule has 0 amide bonds. The van der Waals surface area contributed by atoms with Crippen LogP contribution >= 0.6 is 0 Å². The van der Waals surface area contributed by atoms with Crippen molar-refractivity contribution in [2.24, 2.45) is 5.73 Å². The second-order valence-corrected chi connectivity index (χ2v) is 11.6. The van der Waals surface area contributed by atoms with Crippen LogP contribution in [0.1, 0.15) is 59.6 Å². The van der Waals surface area contributed by atoms with Crippen LogP contribution < -0.4 is 5.73 Å². The van der Waals surface area contributed by atoms with E-state index >= 15 is 0 Å². The Kier molecular flexibility index (Phi) is 8.98. The van der Waals surface area contributed by atoms with Gasteiger partial charge in [0.1, 0.15) is 0 Å². The van der Waals surface area contributed by atoms with E-state index < -0.39 is 6.29 Å². The van der Waals surface area contributed by atoms with Gasteiger partial charge in [-0.2, -0.15) is 0 Å². The van der Waals surface area contributed by atoms with Gasteiger partial charge in [0.05, 0.1) is 18.8 Å². The van der Waals surface area contributed by atoms with E-state index in [2.05, 4.69) is 110 Å². The first-order valence-electron chi connectivity index (χ1n) is 15.1. The molecule has 0 radical (unpaired) electrons. The summed E-state index contributed by atoms with van der Waals surface area (Å²) in [7, 11) is 2.17. The number of rotatable bonds is 9. The molecule has 5 aromatic rings. The number of benzene rings is 5. The van der Waals surface area contributed by atoms with Crippen LogP contribution in [0.2, 0.25) is 0 Å². The van der Waals surface area contributed by atoms with Gasteiger partial charge in [0.15, 0.2) is 6.29 Å². The average molecular weight is 573 g/mol. The highest BCUT2D eigenvalue weighted by Crippen LogP contribution is 2.39. The number of aliphatic hydroxyl groups excluding tert-OH is 1. The summed E-state index contributed by atoms with van der Waals surface area (Å²) in [6, 6.07) is 40.3. The fourth-order valence-electron chi connectivity index (χ4n) is 5.95. The lowest BCUT2D eigenvalue weighted by atomic mass is 9.98. The van der Waals surface area contributed by atoms with E-state index in [1.54, 1.807) is 0 Å². The summed E-state index contributed by atoms with van der Waals surface area (Å²) in [5.74, 6) is 0. The summed E-state index contributed by atoms with van der Waals surface area (Å²) >= 11 is 0. The lowest BCUT2D eigenvalue weighted by Crippen LogP contribution is -2.38. The predicted octanol–water partition coefficient (Wildman–Crippen LogP) is 7.70. The Hall–Kier alpha value is -3.84. The third kappa shape index (κ3) is 6.72. The molecular weight excluding hydrogens is 532 g/mol. The summed E-state index contributed by atoms with van der Waals surface area (Å²) in [6.07, 6.45) is 0.0974. The van der Waals surface area contributed by atoms with Crippen molar-refractivity contribution in [2.75, 3.05) is 13.6 Å². The fourth-order valence-corrected chi connectivity index (χ4v) is 5.95. The van der Waals surface area contributed by atoms with Crippen molar-refractivity contribution >= 4 is 10.8 Å². The predicted molar refractivity (Wildman–Crippen MR) is 173 cm³/mol. The number of fused-ring (bicyclic) bond motifs is 1. The van der Waals surface area contributed by atoms with E-state index in [-0.39, 0.29) is 24.9 Å². The molecule has 0 aliphatic carbocycles. The van der Waals surface area contributed by atoms with Crippen LogP contribution in [0, 0.1) is 0 Å². The second kappa shape index (κ2) is 13.2. The lowest BCUT2D eigenvalue weighted by Gasteiger charge is -2.39. The second-order valence-electron chi connectivity index (χ2n) is 11.6. The molecule has 5 aromatic carbocycles. The molecule has 5 nitrogen and oxygen atoms in total. The molecule has 43 heavy (non-hydrogen) atoms. The van der Waals surface area contributed by atoms with Crippen molar-refractivity contribution in [1.82, 2.24) is 4.90 Å². The first-order valence-corrected chi connectivity index (χ1v) is 15.1. The Labute approximate surface area is 254 Å². The van der Waals surface area contributed by atoms with Crippen LogP contribution in [0.3, 0.4) is 0 Å². The Morgan fingerprint density at radius 3 is 2.26 bits per heavy atom. The van der Waals surface area contributed by atoms with E-state index in [0.717, 1.165) is 46.3 Å². The molecule has 1 saturated heterocycles. The standard InChI is InChI=1S/C38H40N2O3/c1-26(33-19-16-29-7-3-4-8-35(29)21-33)40(2)24-36-22-37(31-12-10-27(25-41)11-13-31)43-38(42-36)32-17-14-30(15-18-32)34-9-5-6-28(20-34)23-39/h3-21,26,36-38,41H,22-25,39H2,1-2H3/t26-,36+,37-,38-/m1/s1. The quantitative estimate of drug-likeness (QED) is 0.189. The molecule has 0 spiro atoms. The Bertz CT molecular complexity index is 1650. The van der Waals surface area contributed by atoms with Crippen LogP contribution in [0.4, 0.5) is 0 Å². The first-order chi connectivity index (χ1) is 21.0. The number of ether oxygens (including phenoxy) is 2. The smallest absolute Gasteiger partial charge is 0.184 e. The molecule has 0 unspecified atom stereocenters. The van der Waals surface area contributed by atoms with Crippen molar-refractivity contribution in [3.63, 3.8) is 0 Å². The minimum Gasteiger partial charge on any atom is -0.392 e. The lowest BCUT2D eigenvalue weighted by molar-refractivity contribution is -0.253. The maximum absolute atomic E-state index is 9.55. The molecule has 1 fully saturated rings. The van der Waals surface area contributed by atoms with Gasteiger partial charge in [0, 0.05) is 31.1 Å². The molecule has 220 valence electrons. The molecule has 0 saturated carbocycles. The normalized spacial score (nSPS) is 19.5. The summed E-state index contributed by atoms with van der Waals surface area (Å²) in [6.45, 7) is 3.57. The van der Waals surface area contributed by atoms with E-state index in [9.17, 15) is 5.11 Å². The van der Waals surface area contributed by atoms with Crippen molar-refractivity contribution in [2.45, 2.75) is 51.0 Å². The highest BCUT2D eigenvalue weighted by atomic mass is 16.7. The van der Waals surface area contributed by atoms with Gasteiger partial charge in [-0.1, -0.05) is 103 Å². The monoisotopic (exact) mass is 572 g/mol. The van der Waals surface area contributed by atoms with Crippen molar-refractivity contribution in [3.05, 3.63) is 143 Å². The first kappa shape index (κ1) is 29.2. The van der Waals surface area contributed by atoms with E-state index in [1.807, 2.05) is 24.3 Å². The van der Waals surface area contributed by atoms with Crippen LogP contribution in [-0.4, -0.2) is 29.7 Å². The van der Waals surface area contributed by atoms with Crippen molar-refractivity contribution in [1.29, 1.82) is 0 Å². The Morgan fingerprint density at radius 1 is 0.767 bits per heavy atom. The molecule has 1 aliphatic heterocycles. The van der Waals surface area contributed by atoms with Crippen LogP contribution in [-0.2, 0) is 22.6 Å². The summed E-state index contributed by atoms with van der Waals surface area (Å²) in [5.41, 5.74) is 13.5. The van der Waals surface area contributed by atoms with Gasteiger partial charge in [-0.25, -0.2) is 0 Å². The van der Waals surface area contributed by atoms with Crippen molar-refractivity contribution in [3.8, 4) is 11.1 Å². The summed E-state index contributed by atoms with van der Waals surface area (Å²) in [5, 5.41) is 12.1. The van der Waals surface area contributed by atoms with Crippen LogP contribution in [0.5, 0.6) is 0 Å². The number of likely N-dealkylation sites (N-methyl/N-ethyl adjacent to an activating group) is 1. The molecule has 3 N–H and O–H groups in total. The third-order valence-corrected chi connectivity index (χ3v) is 8.70. The third-order valence-electron chi connectivity index (χ3n) is 8.70. The molecule has 6 rings (SSSR count). The van der Waals surface area contributed by atoms with Crippen LogP contribution in [0.25, 0.3) is 21.9 Å². The molecule has 0 aromatic heterocycles. The minimum absolute atomic E-state index is 0.0259. The summed E-state index contributed by atoms with van der Waals surface area (Å²) in [4.78, 5) is 2.37. The zero-order valence-corrected chi connectivity index (χ0v) is 24.9. The van der Waals surface area contributed by atoms with E-state index in [1.165, 1.54) is 16.3 Å². The number of nitrogens with two attached hydrogens (primary N) is 1. The molecule has 0 bridgehead atoms. The average Bonchev–Trinajstić information content (AvgIpc) is 3.07. The number of hydrogen-bond acceptors (Lipinski definition) is 5. The van der Waals surface area contributed by atoms with Gasteiger partial charge in [-0.3, -0.25) is 4.90 Å². The van der Waals surface area contributed by atoms with Gasteiger partial charge in [0.25, 0.3) is 0 Å². The van der Waals surface area contributed by atoms with Crippen LogP contribution in [0.15, 0.2) is 115 Å². The van der Waals surface area contributed by atoms with Gasteiger partial charge >= 0.3 is 0 Å². The van der Waals surface area contributed by atoms with E-state index in [4.69, 9.17) is 15.2 Å². The molecule has 5 heteroatoms. The summed E-state index contributed by atoms with van der Waals surface area (Å²) < 4.78 is 13.3. The zero-order valence-electron chi connectivity index (χ0n) is 24.9. The largest absolute Gasteiger partial charge is 0.392 e. The Balaban J connectivity index is 1.23. The number of nitrogens with zero attached hydrogens (tertiary/aromatic N) is 1. The Morgan fingerprint density at radius 2 is 1.51 bits per heavy atom. The highest BCUT2D eigenvalue weighted by molar-refractivity contribution is 5.83. The molecule has 1 aliphatic rings. The minimum atomic E-state index is -0.491. The van der Waals surface area contributed by atoms with Gasteiger partial charge < -0.3 is 20.3 Å². The van der Waals surface area contributed by atoms with Crippen molar-refractivity contribution < 1.29 is 14.6 Å². The number of aliphatic hydroxyl groups is 1. The molecule has 4 atom stereocenters. The molecular formula is C38H40N2O3. The maximum Gasteiger partial charge on any atom is 0.184 e. The fraction of sp³-hybridized carbons (Fsp3) is 0.263. The highest BCUT2D eigenvalue weighted by Gasteiger charge is 2.33. The van der Waals surface area contributed by atoms with E-state index in [0.29, 0.717) is 6.54 Å². The van der Waals surface area contributed by atoms with Gasteiger partial charge in [-0.15, -0.1) is 0 Å². The van der Waals surface area contributed by atoms with Gasteiger partial charge in [-0.05, 0) is 70.3 Å². The van der Waals surface area contributed by atoms with Gasteiger partial charge in [0.2, 0.25) is 0 Å². The zero-order chi connectivity index (χ0) is 29.8. The topological polar surface area (TPSA) is 68.0 Å². The molecule has 1 heterocycles. The SMILES string of the molecule is C[C@H](c1ccc2ccccc2c1)N(C)C[C@@H]1C[C@H](c2ccc(CO)cc2)O[C@H](c2ccc(-c3cccc(CN)c3)cc2)O1.